The summed E-state index contributed by atoms with van der Waals surface area (Å²) in [5, 5.41) is 3.84. The highest BCUT2D eigenvalue weighted by atomic mass is 19.1. The number of hydrogen-bond donors (Lipinski definition) is 1. The van der Waals surface area contributed by atoms with Crippen molar-refractivity contribution in [2.24, 2.45) is 7.05 Å². The van der Waals surface area contributed by atoms with Gasteiger partial charge in [-0.3, -0.25) is 4.79 Å². The Morgan fingerprint density at radius 2 is 1.82 bits per heavy atom. The maximum Gasteiger partial charge on any atom is 0.268 e. The second kappa shape index (κ2) is 6.78. The first-order valence-electron chi connectivity index (χ1n) is 9.19. The Kier molecular flexibility index (Phi) is 4.41. The van der Waals surface area contributed by atoms with Gasteiger partial charge >= 0.3 is 0 Å². The molecule has 6 heteroatoms. The highest BCUT2D eigenvalue weighted by Crippen LogP contribution is 2.33. The van der Waals surface area contributed by atoms with Crippen LogP contribution in [0.25, 0.3) is 21.9 Å². The highest BCUT2D eigenvalue weighted by molar-refractivity contribution is 6.10. The monoisotopic (exact) mass is 381 g/mol. The van der Waals surface area contributed by atoms with Crippen molar-refractivity contribution in [2.75, 3.05) is 0 Å². The number of rotatable bonds is 4. The number of nitrogens with one attached hydrogen (secondary N) is 1. The van der Waals surface area contributed by atoms with Gasteiger partial charge in [-0.2, -0.15) is 0 Å². The maximum absolute atomic E-state index is 13.9. The lowest BCUT2D eigenvalue weighted by Gasteiger charge is -2.15. The van der Waals surface area contributed by atoms with Gasteiger partial charge < -0.3 is 14.5 Å². The number of para-hydroxylation sites is 1. The minimum absolute atomic E-state index is 0.00862. The van der Waals surface area contributed by atoms with Crippen molar-refractivity contribution in [3.63, 3.8) is 0 Å². The van der Waals surface area contributed by atoms with E-state index in [1.165, 1.54) is 12.1 Å². The molecule has 0 unspecified atom stereocenters. The molecular weight excluding hydrogens is 360 g/mol. The van der Waals surface area contributed by atoms with Crippen LogP contribution in [0, 0.1) is 11.6 Å². The van der Waals surface area contributed by atoms with Gasteiger partial charge in [-0.15, -0.1) is 0 Å². The minimum atomic E-state index is -0.671. The van der Waals surface area contributed by atoms with E-state index >= 15 is 0 Å². The molecule has 4 rings (SSSR count). The summed E-state index contributed by atoms with van der Waals surface area (Å²) >= 11 is 0. The predicted octanol–water partition coefficient (Wildman–Crippen LogP) is 4.92. The van der Waals surface area contributed by atoms with E-state index in [1.54, 1.807) is 0 Å². The van der Waals surface area contributed by atoms with Gasteiger partial charge in [0, 0.05) is 36.7 Å². The number of carbonyl (C=O) groups excluding carboxylic acids is 1. The van der Waals surface area contributed by atoms with E-state index in [0.29, 0.717) is 5.69 Å². The van der Waals surface area contributed by atoms with Gasteiger partial charge in [0.05, 0.1) is 16.6 Å². The number of fused-ring (bicyclic) bond motifs is 3. The summed E-state index contributed by atoms with van der Waals surface area (Å²) in [5.74, 6) is -1.60. The van der Waals surface area contributed by atoms with Crippen LogP contribution in [0.2, 0.25) is 0 Å². The summed E-state index contributed by atoms with van der Waals surface area (Å²) < 4.78 is 31.0. The Hall–Kier alpha value is -3.15. The molecule has 144 valence electrons. The second-order valence-electron chi connectivity index (χ2n) is 7.22. The van der Waals surface area contributed by atoms with Crippen LogP contribution in [0.15, 0.2) is 48.5 Å². The van der Waals surface area contributed by atoms with Gasteiger partial charge in [0.1, 0.15) is 17.3 Å². The van der Waals surface area contributed by atoms with Gasteiger partial charge in [-0.1, -0.05) is 24.3 Å². The molecule has 0 aliphatic rings. The zero-order valence-corrected chi connectivity index (χ0v) is 16.0. The summed E-state index contributed by atoms with van der Waals surface area (Å²) in [4.78, 5) is 12.9. The molecular formula is C22H21F2N3O. The molecule has 4 nitrogen and oxygen atoms in total. The number of aromatic nitrogens is 2. The van der Waals surface area contributed by atoms with Crippen molar-refractivity contribution in [2.45, 2.75) is 26.4 Å². The Morgan fingerprint density at radius 3 is 2.54 bits per heavy atom. The van der Waals surface area contributed by atoms with Crippen molar-refractivity contribution in [3.05, 3.63) is 71.4 Å². The number of nitrogens with zero attached hydrogens (tertiary/aromatic N) is 2. The largest absolute Gasteiger partial charge is 0.347 e. The third-order valence-corrected chi connectivity index (χ3v) is 5.10. The van der Waals surface area contributed by atoms with Crippen molar-refractivity contribution in [1.29, 1.82) is 0 Å². The molecule has 4 aromatic rings. The Balaban J connectivity index is 1.74. The third kappa shape index (κ3) is 2.85. The molecule has 0 saturated heterocycles. The van der Waals surface area contributed by atoms with Gasteiger partial charge in [-0.05, 0) is 32.0 Å². The van der Waals surface area contributed by atoms with E-state index in [4.69, 9.17) is 0 Å². The Labute approximate surface area is 161 Å². The number of amides is 1. The van der Waals surface area contributed by atoms with E-state index in [0.717, 1.165) is 28.0 Å². The van der Waals surface area contributed by atoms with E-state index in [1.807, 2.05) is 49.7 Å². The Morgan fingerprint density at radius 1 is 1.07 bits per heavy atom. The molecule has 0 radical (unpaired) electrons. The van der Waals surface area contributed by atoms with Crippen LogP contribution in [-0.4, -0.2) is 15.0 Å². The van der Waals surface area contributed by atoms with Crippen molar-refractivity contribution < 1.29 is 13.6 Å². The van der Waals surface area contributed by atoms with Crippen LogP contribution < -0.4 is 5.32 Å². The fourth-order valence-corrected chi connectivity index (χ4v) is 3.77. The van der Waals surface area contributed by atoms with Crippen molar-refractivity contribution >= 4 is 27.8 Å². The SMILES string of the molecule is CC(C)n1c(C(=O)NCc2ccc(F)cc2F)cc2c1c1ccccc1n2C. The van der Waals surface area contributed by atoms with Crippen LogP contribution in [-0.2, 0) is 13.6 Å². The van der Waals surface area contributed by atoms with Crippen LogP contribution in [0.1, 0.15) is 35.9 Å². The van der Waals surface area contributed by atoms with E-state index in [-0.39, 0.29) is 24.1 Å². The zero-order chi connectivity index (χ0) is 20.0. The molecule has 2 aromatic carbocycles. The van der Waals surface area contributed by atoms with E-state index in [2.05, 4.69) is 16.0 Å². The molecule has 28 heavy (non-hydrogen) atoms. The molecule has 0 bridgehead atoms. The smallest absolute Gasteiger partial charge is 0.268 e. The van der Waals surface area contributed by atoms with Gasteiger partial charge in [0.15, 0.2) is 0 Å². The number of carbonyl (C=O) groups is 1. The first-order valence-corrected chi connectivity index (χ1v) is 9.19. The standard InChI is InChI=1S/C22H21F2N3O/c1-13(2)27-20(22(28)25-12-14-8-9-15(23)10-17(14)24)11-19-21(27)16-6-4-5-7-18(16)26(19)3/h4-11,13H,12H2,1-3H3,(H,25,28). The quantitative estimate of drug-likeness (QED) is 0.535. The molecule has 0 spiro atoms. The highest BCUT2D eigenvalue weighted by Gasteiger charge is 2.22. The third-order valence-electron chi connectivity index (χ3n) is 5.10. The summed E-state index contributed by atoms with van der Waals surface area (Å²) in [6, 6.07) is 13.3. The van der Waals surface area contributed by atoms with Crippen LogP contribution in [0.3, 0.4) is 0 Å². The number of benzene rings is 2. The number of halogens is 2. The first kappa shape index (κ1) is 18.2. The van der Waals surface area contributed by atoms with Crippen LogP contribution >= 0.6 is 0 Å². The molecule has 0 atom stereocenters. The summed E-state index contributed by atoms with van der Waals surface area (Å²) in [6.07, 6.45) is 0. The summed E-state index contributed by atoms with van der Waals surface area (Å²) in [5.41, 5.74) is 3.83. The minimum Gasteiger partial charge on any atom is -0.347 e. The topological polar surface area (TPSA) is 39.0 Å². The maximum atomic E-state index is 13.9. The summed E-state index contributed by atoms with van der Waals surface area (Å²) in [6.45, 7) is 4.04. The fourth-order valence-electron chi connectivity index (χ4n) is 3.77. The van der Waals surface area contributed by atoms with Gasteiger partial charge in [0.25, 0.3) is 5.91 Å². The first-order chi connectivity index (χ1) is 13.4. The molecule has 0 fully saturated rings. The van der Waals surface area contributed by atoms with Crippen molar-refractivity contribution in [3.8, 4) is 0 Å². The average Bonchev–Trinajstić information content (AvgIpc) is 3.18. The van der Waals surface area contributed by atoms with Crippen LogP contribution in [0.5, 0.6) is 0 Å². The molecule has 1 N–H and O–H groups in total. The van der Waals surface area contributed by atoms with E-state index in [9.17, 15) is 13.6 Å². The predicted molar refractivity (Wildman–Crippen MR) is 106 cm³/mol. The van der Waals surface area contributed by atoms with E-state index < -0.39 is 11.6 Å². The lowest BCUT2D eigenvalue weighted by molar-refractivity contribution is 0.0940. The fraction of sp³-hybridized carbons (Fsp3) is 0.227. The zero-order valence-electron chi connectivity index (χ0n) is 16.0. The molecule has 0 aliphatic heterocycles. The van der Waals surface area contributed by atoms with Gasteiger partial charge in [0.2, 0.25) is 0 Å². The normalized spacial score (nSPS) is 11.6. The van der Waals surface area contributed by atoms with Crippen molar-refractivity contribution in [1.82, 2.24) is 14.5 Å². The molecule has 2 aromatic heterocycles. The summed E-state index contributed by atoms with van der Waals surface area (Å²) in [7, 11) is 1.98. The number of aryl methyl sites for hydroxylation is 1. The molecule has 0 saturated carbocycles. The molecule has 0 aliphatic carbocycles. The Bertz CT molecular complexity index is 1200. The lowest BCUT2D eigenvalue weighted by Crippen LogP contribution is -2.26. The molecule has 2 heterocycles. The van der Waals surface area contributed by atoms with Crippen LogP contribution in [0.4, 0.5) is 8.78 Å². The second-order valence-corrected chi connectivity index (χ2v) is 7.22. The molecule has 1 amide bonds. The number of hydrogen-bond acceptors (Lipinski definition) is 1. The van der Waals surface area contributed by atoms with Gasteiger partial charge in [-0.25, -0.2) is 8.78 Å². The lowest BCUT2D eigenvalue weighted by atomic mass is 10.2. The average molecular weight is 381 g/mol.